The van der Waals surface area contributed by atoms with Gasteiger partial charge in [-0.2, -0.15) is 0 Å². The van der Waals surface area contributed by atoms with E-state index in [2.05, 4.69) is 15.6 Å². The predicted molar refractivity (Wildman–Crippen MR) is 109 cm³/mol. The molecule has 0 bridgehead atoms. The van der Waals surface area contributed by atoms with E-state index in [9.17, 15) is 13.6 Å². The van der Waals surface area contributed by atoms with Crippen LogP contribution < -0.4 is 15.4 Å². The lowest BCUT2D eigenvalue weighted by Gasteiger charge is -2.25. The molecular weight excluding hydrogens is 457 g/mol. The molecule has 0 aliphatic heterocycles. The third-order valence-corrected chi connectivity index (χ3v) is 3.01. The maximum Gasteiger partial charge on any atom is 0.240 e. The summed E-state index contributed by atoms with van der Waals surface area (Å²) in [4.78, 5) is 17.7. The number of halogens is 3. The highest BCUT2D eigenvalue weighted by Gasteiger charge is 2.16. The van der Waals surface area contributed by atoms with Crippen LogP contribution in [-0.2, 0) is 4.79 Å². The molecule has 0 aromatic heterocycles. The summed E-state index contributed by atoms with van der Waals surface area (Å²) in [5, 5.41) is 5.91. The van der Waals surface area contributed by atoms with Gasteiger partial charge in [0.05, 0.1) is 13.1 Å². The largest absolute Gasteiger partial charge is 0.492 e. The van der Waals surface area contributed by atoms with Gasteiger partial charge in [0.1, 0.15) is 12.4 Å². The van der Waals surface area contributed by atoms with Crippen LogP contribution in [0.25, 0.3) is 0 Å². The monoisotopic (exact) mass is 484 g/mol. The van der Waals surface area contributed by atoms with E-state index < -0.39 is 11.6 Å². The summed E-state index contributed by atoms with van der Waals surface area (Å²) in [6.45, 7) is 6.50. The van der Waals surface area contributed by atoms with Crippen molar-refractivity contribution in [3.63, 3.8) is 0 Å². The number of hydrogen-bond donors (Lipinski definition) is 2. The van der Waals surface area contributed by atoms with Gasteiger partial charge in [-0.1, -0.05) is 0 Å². The molecule has 0 aliphatic rings. The predicted octanol–water partition coefficient (Wildman–Crippen LogP) is 2.38. The second kappa shape index (κ2) is 11.1. The van der Waals surface area contributed by atoms with Crippen LogP contribution in [0.15, 0.2) is 23.2 Å². The standard InChI is InChI=1S/C17H26F2N4O2.HI/c1-17(2,3)22-15(24)11-23(5)16(20-4)21-8-9-25-12-6-7-13(18)14(19)10-12;/h6-7,10H,8-9,11H2,1-5H3,(H,20,21)(H,22,24);1H. The number of carbonyl (C=O) groups excluding carboxylic acids is 1. The third kappa shape index (κ3) is 9.16. The molecule has 1 rings (SSSR count). The highest BCUT2D eigenvalue weighted by atomic mass is 127. The molecule has 6 nitrogen and oxygen atoms in total. The van der Waals surface area contributed by atoms with Gasteiger partial charge in [-0.05, 0) is 32.9 Å². The molecule has 1 amide bonds. The number of benzene rings is 1. The number of rotatable bonds is 6. The summed E-state index contributed by atoms with van der Waals surface area (Å²) in [5.74, 6) is -1.21. The van der Waals surface area contributed by atoms with E-state index in [4.69, 9.17) is 4.74 Å². The van der Waals surface area contributed by atoms with Gasteiger partial charge in [0.15, 0.2) is 17.6 Å². The number of carbonyl (C=O) groups is 1. The Balaban J connectivity index is 0.00000625. The van der Waals surface area contributed by atoms with Crippen LogP contribution in [0.1, 0.15) is 20.8 Å². The van der Waals surface area contributed by atoms with Crippen molar-refractivity contribution < 1.29 is 18.3 Å². The molecule has 0 radical (unpaired) electrons. The quantitative estimate of drug-likeness (QED) is 0.282. The van der Waals surface area contributed by atoms with Crippen LogP contribution in [0, 0.1) is 11.6 Å². The maximum absolute atomic E-state index is 13.1. The van der Waals surface area contributed by atoms with E-state index in [0.717, 1.165) is 12.1 Å². The molecule has 0 unspecified atom stereocenters. The van der Waals surface area contributed by atoms with E-state index in [1.807, 2.05) is 20.8 Å². The Morgan fingerprint density at radius 2 is 1.92 bits per heavy atom. The number of hydrogen-bond acceptors (Lipinski definition) is 3. The number of amides is 1. The average Bonchev–Trinajstić information content (AvgIpc) is 2.48. The molecular formula is C17H27F2IN4O2. The summed E-state index contributed by atoms with van der Waals surface area (Å²) >= 11 is 0. The lowest BCUT2D eigenvalue weighted by atomic mass is 10.1. The number of nitrogens with zero attached hydrogens (tertiary/aromatic N) is 2. The minimum absolute atomic E-state index is 0. The molecule has 1 aromatic carbocycles. The molecule has 0 saturated heterocycles. The molecule has 0 heterocycles. The summed E-state index contributed by atoms with van der Waals surface area (Å²) in [6, 6.07) is 3.36. The smallest absolute Gasteiger partial charge is 0.240 e. The van der Waals surface area contributed by atoms with Crippen LogP contribution >= 0.6 is 24.0 Å². The van der Waals surface area contributed by atoms with Crippen LogP contribution in [0.2, 0.25) is 0 Å². The van der Waals surface area contributed by atoms with Crippen molar-refractivity contribution in [2.75, 3.05) is 33.8 Å². The second-order valence-corrected chi connectivity index (χ2v) is 6.55. The summed E-state index contributed by atoms with van der Waals surface area (Å²) in [5.41, 5.74) is -0.298. The Morgan fingerprint density at radius 3 is 2.46 bits per heavy atom. The lowest BCUT2D eigenvalue weighted by molar-refractivity contribution is -0.122. The Morgan fingerprint density at radius 1 is 1.27 bits per heavy atom. The molecule has 2 N–H and O–H groups in total. The van der Waals surface area contributed by atoms with Crippen molar-refractivity contribution in [1.29, 1.82) is 0 Å². The lowest BCUT2D eigenvalue weighted by Crippen LogP contribution is -2.49. The normalized spacial score (nSPS) is 11.4. The molecule has 0 fully saturated rings. The molecule has 26 heavy (non-hydrogen) atoms. The number of nitrogens with one attached hydrogen (secondary N) is 2. The van der Waals surface area contributed by atoms with Crippen LogP contribution in [0.4, 0.5) is 8.78 Å². The highest BCUT2D eigenvalue weighted by molar-refractivity contribution is 14.0. The number of aliphatic imine (C=N–C) groups is 1. The Labute approximate surface area is 170 Å². The molecule has 0 atom stereocenters. The molecule has 9 heteroatoms. The zero-order valence-corrected chi connectivity index (χ0v) is 18.1. The van der Waals surface area contributed by atoms with E-state index in [0.29, 0.717) is 12.5 Å². The third-order valence-electron chi connectivity index (χ3n) is 3.01. The van der Waals surface area contributed by atoms with Gasteiger partial charge in [0.2, 0.25) is 5.91 Å². The fourth-order valence-corrected chi connectivity index (χ4v) is 2.03. The van der Waals surface area contributed by atoms with Gasteiger partial charge in [-0.25, -0.2) is 8.78 Å². The van der Waals surface area contributed by atoms with Gasteiger partial charge < -0.3 is 20.3 Å². The van der Waals surface area contributed by atoms with Crippen molar-refractivity contribution in [2.24, 2.45) is 4.99 Å². The fourth-order valence-electron chi connectivity index (χ4n) is 2.03. The van der Waals surface area contributed by atoms with Crippen LogP contribution in [0.3, 0.4) is 0 Å². The molecule has 148 valence electrons. The minimum atomic E-state index is -0.953. The maximum atomic E-state index is 13.1. The van der Waals surface area contributed by atoms with Gasteiger partial charge in [-0.15, -0.1) is 24.0 Å². The Bertz CT molecular complexity index is 621. The Kier molecular flexibility index (Phi) is 10.4. The number of ether oxygens (including phenoxy) is 1. The van der Waals surface area contributed by atoms with E-state index in [-0.39, 0.29) is 54.3 Å². The number of likely N-dealkylation sites (N-methyl/N-ethyl adjacent to an activating group) is 1. The zero-order chi connectivity index (χ0) is 19.0. The second-order valence-electron chi connectivity index (χ2n) is 6.55. The first-order valence-corrected chi connectivity index (χ1v) is 7.93. The van der Waals surface area contributed by atoms with Gasteiger partial charge in [-0.3, -0.25) is 9.79 Å². The Hall–Kier alpha value is -1.65. The van der Waals surface area contributed by atoms with Crippen molar-refractivity contribution in [2.45, 2.75) is 26.3 Å². The van der Waals surface area contributed by atoms with E-state index in [1.165, 1.54) is 6.07 Å². The summed E-state index contributed by atoms with van der Waals surface area (Å²) < 4.78 is 31.3. The summed E-state index contributed by atoms with van der Waals surface area (Å²) in [7, 11) is 3.35. The zero-order valence-electron chi connectivity index (χ0n) is 15.7. The van der Waals surface area contributed by atoms with Gasteiger partial charge >= 0.3 is 0 Å². The van der Waals surface area contributed by atoms with Crippen molar-refractivity contribution in [1.82, 2.24) is 15.5 Å². The fraction of sp³-hybridized carbons (Fsp3) is 0.529. The molecule has 0 saturated carbocycles. The molecule has 0 aliphatic carbocycles. The van der Waals surface area contributed by atoms with Crippen molar-refractivity contribution in [3.8, 4) is 5.75 Å². The molecule has 0 spiro atoms. The SMILES string of the molecule is CN=C(NCCOc1ccc(F)c(F)c1)N(C)CC(=O)NC(C)(C)C.I. The molecule has 1 aromatic rings. The van der Waals surface area contributed by atoms with Crippen molar-refractivity contribution in [3.05, 3.63) is 29.8 Å². The summed E-state index contributed by atoms with van der Waals surface area (Å²) in [6.07, 6.45) is 0. The van der Waals surface area contributed by atoms with E-state index in [1.54, 1.807) is 19.0 Å². The van der Waals surface area contributed by atoms with Crippen LogP contribution in [0.5, 0.6) is 5.75 Å². The van der Waals surface area contributed by atoms with Crippen molar-refractivity contribution >= 4 is 35.8 Å². The minimum Gasteiger partial charge on any atom is -0.492 e. The first-order chi connectivity index (χ1) is 11.6. The van der Waals surface area contributed by atoms with Gasteiger partial charge in [0.25, 0.3) is 0 Å². The average molecular weight is 484 g/mol. The van der Waals surface area contributed by atoms with E-state index >= 15 is 0 Å². The topological polar surface area (TPSA) is 66.0 Å². The first kappa shape index (κ1) is 24.3. The highest BCUT2D eigenvalue weighted by Crippen LogP contribution is 2.14. The van der Waals surface area contributed by atoms with Gasteiger partial charge in [0, 0.05) is 25.7 Å². The number of guanidine groups is 1. The first-order valence-electron chi connectivity index (χ1n) is 7.93. The van der Waals surface area contributed by atoms with Crippen LogP contribution in [-0.4, -0.2) is 56.1 Å².